The third kappa shape index (κ3) is 5.61. The van der Waals surface area contributed by atoms with E-state index in [1.54, 1.807) is 24.4 Å². The number of benzene rings is 2. The summed E-state index contributed by atoms with van der Waals surface area (Å²) in [6.45, 7) is 1.87. The molecule has 0 saturated carbocycles. The minimum atomic E-state index is -0.490. The highest BCUT2D eigenvalue weighted by Gasteiger charge is 2.28. The van der Waals surface area contributed by atoms with Crippen molar-refractivity contribution in [3.63, 3.8) is 0 Å². The largest absolute Gasteiger partial charge is 0.366 e. The van der Waals surface area contributed by atoms with E-state index < -0.39 is 5.91 Å². The zero-order valence-corrected chi connectivity index (χ0v) is 21.2. The number of nitrogens with zero attached hydrogens (tertiary/aromatic N) is 3. The standard InChI is InChI=1S/C27H26ClN5O2S/c28-21-8-7-19(25(29)34)15-20(21)16-24(33-11-2-1-3-12-33)31-27-32-26(35)23(36-27)14-17-6-9-22-18(13-17)5-4-10-30-22/h4-10,13-15,24H,1-3,11-12,16H2,(H2,29,34)(H,31,32,35). The van der Waals surface area contributed by atoms with Crippen molar-refractivity contribution in [1.82, 2.24) is 15.2 Å². The van der Waals surface area contributed by atoms with Crippen LogP contribution in [0.2, 0.25) is 5.02 Å². The van der Waals surface area contributed by atoms with E-state index in [1.807, 2.05) is 36.4 Å². The molecule has 2 aliphatic heterocycles. The number of nitrogens with two attached hydrogens (primary N) is 1. The van der Waals surface area contributed by atoms with Gasteiger partial charge in [0.05, 0.1) is 16.6 Å². The van der Waals surface area contributed by atoms with Crippen molar-refractivity contribution < 1.29 is 9.59 Å². The molecule has 0 radical (unpaired) electrons. The maximum atomic E-state index is 12.7. The number of thioether (sulfide) groups is 1. The number of carbonyl (C=O) groups excluding carboxylic acids is 2. The van der Waals surface area contributed by atoms with Crippen molar-refractivity contribution in [1.29, 1.82) is 0 Å². The summed E-state index contributed by atoms with van der Waals surface area (Å²) >= 11 is 7.81. The van der Waals surface area contributed by atoms with E-state index in [0.29, 0.717) is 27.1 Å². The van der Waals surface area contributed by atoms with Crippen LogP contribution in [0, 0.1) is 0 Å². The monoisotopic (exact) mass is 519 g/mol. The highest BCUT2D eigenvalue weighted by Crippen LogP contribution is 2.30. The first-order valence-electron chi connectivity index (χ1n) is 11.9. The van der Waals surface area contributed by atoms with E-state index in [9.17, 15) is 9.59 Å². The zero-order valence-electron chi connectivity index (χ0n) is 19.6. The second-order valence-electron chi connectivity index (χ2n) is 8.92. The molecule has 3 N–H and O–H groups in total. The van der Waals surface area contributed by atoms with Crippen LogP contribution in [-0.4, -0.2) is 46.1 Å². The van der Waals surface area contributed by atoms with E-state index in [1.165, 1.54) is 18.2 Å². The number of rotatable bonds is 6. The third-order valence-electron chi connectivity index (χ3n) is 6.41. The van der Waals surface area contributed by atoms with Crippen LogP contribution in [0.4, 0.5) is 0 Å². The fourth-order valence-electron chi connectivity index (χ4n) is 4.54. The quantitative estimate of drug-likeness (QED) is 0.461. The summed E-state index contributed by atoms with van der Waals surface area (Å²) in [5.41, 5.74) is 8.56. The Labute approximate surface area is 218 Å². The fourth-order valence-corrected chi connectivity index (χ4v) is 5.60. The molecular weight excluding hydrogens is 494 g/mol. The topological polar surface area (TPSA) is 101 Å². The number of carbonyl (C=O) groups is 2. The average molecular weight is 520 g/mol. The molecule has 3 aromatic rings. The van der Waals surface area contributed by atoms with Crippen LogP contribution < -0.4 is 11.1 Å². The van der Waals surface area contributed by atoms with Crippen molar-refractivity contribution in [2.75, 3.05) is 13.1 Å². The van der Waals surface area contributed by atoms with Crippen LogP contribution >= 0.6 is 23.4 Å². The number of aliphatic imine (C=N–C) groups is 1. The van der Waals surface area contributed by atoms with E-state index in [0.717, 1.165) is 48.0 Å². The second kappa shape index (κ2) is 10.8. The Morgan fingerprint density at radius 2 is 2.00 bits per heavy atom. The van der Waals surface area contributed by atoms with Gasteiger partial charge in [-0.2, -0.15) is 4.99 Å². The average Bonchev–Trinajstić information content (AvgIpc) is 3.23. The number of fused-ring (bicyclic) bond motifs is 1. The molecule has 2 aliphatic rings. The van der Waals surface area contributed by atoms with Crippen molar-refractivity contribution in [3.05, 3.63) is 81.3 Å². The molecule has 36 heavy (non-hydrogen) atoms. The first-order valence-corrected chi connectivity index (χ1v) is 13.1. The van der Waals surface area contributed by atoms with Crippen LogP contribution in [0.3, 0.4) is 0 Å². The highest BCUT2D eigenvalue weighted by atomic mass is 35.5. The minimum absolute atomic E-state index is 0.129. The Hall–Kier alpha value is -3.20. The van der Waals surface area contributed by atoms with Crippen LogP contribution in [0.15, 0.2) is 64.6 Å². The summed E-state index contributed by atoms with van der Waals surface area (Å²) in [7, 11) is 0. The molecule has 7 nitrogen and oxygen atoms in total. The lowest BCUT2D eigenvalue weighted by Crippen LogP contribution is -2.50. The minimum Gasteiger partial charge on any atom is -0.366 e. The SMILES string of the molecule is NC(=O)c1ccc(Cl)c(CC(NC2=NC(=O)C(=Cc3ccc4ncccc4c3)S2)N2CCCCC2)c1. The molecule has 1 aromatic heterocycles. The molecule has 0 aliphatic carbocycles. The maximum Gasteiger partial charge on any atom is 0.286 e. The first kappa shape index (κ1) is 24.5. The molecule has 9 heteroatoms. The van der Waals surface area contributed by atoms with Crippen molar-refractivity contribution in [2.45, 2.75) is 31.8 Å². The van der Waals surface area contributed by atoms with Gasteiger partial charge in [0.25, 0.3) is 5.91 Å². The number of halogens is 1. The van der Waals surface area contributed by atoms with E-state index in [4.69, 9.17) is 17.3 Å². The first-order chi connectivity index (χ1) is 17.5. The lowest BCUT2D eigenvalue weighted by Gasteiger charge is -2.35. The van der Waals surface area contributed by atoms with Gasteiger partial charge in [-0.15, -0.1) is 0 Å². The normalized spacial score (nSPS) is 18.4. The fraction of sp³-hybridized carbons (Fsp3) is 0.259. The number of hydrogen-bond acceptors (Lipinski definition) is 6. The number of amidine groups is 1. The third-order valence-corrected chi connectivity index (χ3v) is 7.69. The summed E-state index contributed by atoms with van der Waals surface area (Å²) in [6.07, 6.45) is 7.45. The Balaban J connectivity index is 1.35. The lowest BCUT2D eigenvalue weighted by molar-refractivity contribution is -0.113. The van der Waals surface area contributed by atoms with Crippen LogP contribution in [0.1, 0.15) is 40.7 Å². The summed E-state index contributed by atoms with van der Waals surface area (Å²) < 4.78 is 0. The number of pyridine rings is 1. The van der Waals surface area contributed by atoms with Gasteiger partial charge in [0.2, 0.25) is 5.91 Å². The van der Waals surface area contributed by atoms with Gasteiger partial charge in [0, 0.05) is 41.7 Å². The molecule has 1 saturated heterocycles. The van der Waals surface area contributed by atoms with Gasteiger partial charge in [-0.3, -0.25) is 19.5 Å². The molecular formula is C27H26ClN5O2S. The van der Waals surface area contributed by atoms with Gasteiger partial charge >= 0.3 is 0 Å². The van der Waals surface area contributed by atoms with Gasteiger partial charge in [0.15, 0.2) is 5.17 Å². The van der Waals surface area contributed by atoms with Crippen molar-refractivity contribution in [2.24, 2.45) is 10.7 Å². The summed E-state index contributed by atoms with van der Waals surface area (Å²) in [6, 6.07) is 14.9. The van der Waals surface area contributed by atoms with Crippen LogP contribution in [0.5, 0.6) is 0 Å². The van der Waals surface area contributed by atoms with Gasteiger partial charge in [-0.05, 0) is 78.2 Å². The highest BCUT2D eigenvalue weighted by molar-refractivity contribution is 8.18. The van der Waals surface area contributed by atoms with E-state index in [-0.39, 0.29) is 12.1 Å². The Morgan fingerprint density at radius 3 is 2.81 bits per heavy atom. The molecule has 2 aromatic carbocycles. The second-order valence-corrected chi connectivity index (χ2v) is 10.4. The van der Waals surface area contributed by atoms with Gasteiger partial charge in [-0.25, -0.2) is 0 Å². The number of primary amides is 1. The lowest BCUT2D eigenvalue weighted by atomic mass is 10.0. The zero-order chi connectivity index (χ0) is 25.1. The number of nitrogens with one attached hydrogen (secondary N) is 1. The summed E-state index contributed by atoms with van der Waals surface area (Å²) in [5.74, 6) is -0.754. The van der Waals surface area contributed by atoms with Crippen LogP contribution in [-0.2, 0) is 11.2 Å². The Morgan fingerprint density at radius 1 is 1.17 bits per heavy atom. The van der Waals surface area contributed by atoms with E-state index >= 15 is 0 Å². The maximum absolute atomic E-state index is 12.7. The summed E-state index contributed by atoms with van der Waals surface area (Å²) in [5, 5.41) is 5.63. The number of hydrogen-bond donors (Lipinski definition) is 2. The summed E-state index contributed by atoms with van der Waals surface area (Å²) in [4.78, 5) is 36.0. The number of amides is 2. The van der Waals surface area contributed by atoms with Crippen molar-refractivity contribution >= 4 is 57.3 Å². The molecule has 1 atom stereocenters. The van der Waals surface area contributed by atoms with Crippen molar-refractivity contribution in [3.8, 4) is 0 Å². The van der Waals surface area contributed by atoms with Gasteiger partial charge in [-0.1, -0.05) is 30.2 Å². The Kier molecular flexibility index (Phi) is 7.36. The molecule has 3 heterocycles. The van der Waals surface area contributed by atoms with Crippen LogP contribution in [0.25, 0.3) is 17.0 Å². The molecule has 1 unspecified atom stereocenters. The number of likely N-dealkylation sites (tertiary alicyclic amines) is 1. The predicted octanol–water partition coefficient (Wildman–Crippen LogP) is 4.60. The molecule has 5 rings (SSSR count). The molecule has 0 bridgehead atoms. The Bertz CT molecular complexity index is 1380. The number of piperidine rings is 1. The molecule has 1 fully saturated rings. The predicted molar refractivity (Wildman–Crippen MR) is 146 cm³/mol. The van der Waals surface area contributed by atoms with Gasteiger partial charge < -0.3 is 11.1 Å². The van der Waals surface area contributed by atoms with Gasteiger partial charge in [0.1, 0.15) is 0 Å². The van der Waals surface area contributed by atoms with E-state index in [2.05, 4.69) is 20.2 Å². The number of aromatic nitrogens is 1. The molecule has 0 spiro atoms. The molecule has 184 valence electrons. The molecule has 2 amide bonds. The smallest absolute Gasteiger partial charge is 0.286 e.